The molecule has 1 aromatic heterocycles. The van der Waals surface area contributed by atoms with Crippen LogP contribution in [0.25, 0.3) is 11.5 Å². The van der Waals surface area contributed by atoms with Crippen LogP contribution in [-0.2, 0) is 4.79 Å². The van der Waals surface area contributed by atoms with Gasteiger partial charge in [0.15, 0.2) is 0 Å². The molecule has 7 nitrogen and oxygen atoms in total. The lowest BCUT2D eigenvalue weighted by Crippen LogP contribution is -2.30. The molecule has 0 radical (unpaired) electrons. The lowest BCUT2D eigenvalue weighted by Gasteiger charge is -2.30. The van der Waals surface area contributed by atoms with E-state index in [4.69, 9.17) is 20.8 Å². The van der Waals surface area contributed by atoms with Gasteiger partial charge in [-0.3, -0.25) is 4.79 Å². The van der Waals surface area contributed by atoms with Crippen molar-refractivity contribution >= 4 is 40.6 Å². The maximum Gasteiger partial charge on any atom is 0.277 e. The third-order valence-electron chi connectivity index (χ3n) is 4.98. The van der Waals surface area contributed by atoms with Gasteiger partial charge in [0, 0.05) is 23.7 Å². The molecule has 0 atom stereocenters. The molecular formula is C22H23ClN4O3S. The molecule has 1 aliphatic rings. The summed E-state index contributed by atoms with van der Waals surface area (Å²) in [5.41, 5.74) is 2.48. The number of piperidine rings is 1. The van der Waals surface area contributed by atoms with E-state index in [0.717, 1.165) is 42.9 Å². The Hall–Kier alpha value is -2.71. The number of hydrogen-bond donors (Lipinski definition) is 1. The van der Waals surface area contributed by atoms with Crippen molar-refractivity contribution in [1.82, 2.24) is 10.2 Å². The first kappa shape index (κ1) is 21.5. The molecule has 3 aromatic rings. The van der Waals surface area contributed by atoms with Crippen molar-refractivity contribution < 1.29 is 13.9 Å². The van der Waals surface area contributed by atoms with Gasteiger partial charge in [0.25, 0.3) is 5.22 Å². The Balaban J connectivity index is 1.39. The van der Waals surface area contributed by atoms with E-state index >= 15 is 0 Å². The fourth-order valence-corrected chi connectivity index (χ4v) is 4.21. The van der Waals surface area contributed by atoms with Gasteiger partial charge in [-0.15, -0.1) is 10.2 Å². The number of ether oxygens (including phenoxy) is 1. The average molecular weight is 459 g/mol. The molecule has 1 aliphatic heterocycles. The normalized spacial score (nSPS) is 13.8. The average Bonchev–Trinajstić information content (AvgIpc) is 3.28. The highest BCUT2D eigenvalue weighted by molar-refractivity contribution is 7.99. The molecule has 0 spiro atoms. The van der Waals surface area contributed by atoms with Crippen molar-refractivity contribution in [2.75, 3.05) is 36.2 Å². The van der Waals surface area contributed by atoms with Crippen molar-refractivity contribution in [3.05, 3.63) is 47.5 Å². The molecule has 0 aliphatic carbocycles. The van der Waals surface area contributed by atoms with Gasteiger partial charge in [0.2, 0.25) is 11.8 Å². The van der Waals surface area contributed by atoms with E-state index in [1.807, 2.05) is 36.4 Å². The number of carbonyl (C=O) groups is 1. The molecule has 1 amide bonds. The first-order valence-corrected chi connectivity index (χ1v) is 11.4. The van der Waals surface area contributed by atoms with E-state index < -0.39 is 0 Å². The summed E-state index contributed by atoms with van der Waals surface area (Å²) < 4.78 is 10.9. The molecule has 1 fully saturated rings. The number of thioether (sulfide) groups is 1. The predicted octanol–water partition coefficient (Wildman–Crippen LogP) is 5.12. The van der Waals surface area contributed by atoms with E-state index in [0.29, 0.717) is 21.9 Å². The van der Waals surface area contributed by atoms with E-state index in [2.05, 4.69) is 20.4 Å². The summed E-state index contributed by atoms with van der Waals surface area (Å²) in [6.07, 6.45) is 3.54. The van der Waals surface area contributed by atoms with Gasteiger partial charge < -0.3 is 19.4 Å². The number of nitrogens with one attached hydrogen (secondary N) is 1. The molecule has 1 saturated heterocycles. The van der Waals surface area contributed by atoms with Crippen LogP contribution in [0, 0.1) is 0 Å². The number of amides is 1. The number of benzene rings is 2. The number of nitrogens with zero attached hydrogens (tertiary/aromatic N) is 3. The highest BCUT2D eigenvalue weighted by Crippen LogP contribution is 2.32. The summed E-state index contributed by atoms with van der Waals surface area (Å²) in [5.74, 6) is 1.07. The summed E-state index contributed by atoms with van der Waals surface area (Å²) >= 11 is 7.37. The first-order valence-electron chi connectivity index (χ1n) is 10.1. The van der Waals surface area contributed by atoms with Crippen LogP contribution in [0.2, 0.25) is 5.02 Å². The number of hydrogen-bond acceptors (Lipinski definition) is 7. The predicted molar refractivity (Wildman–Crippen MR) is 123 cm³/mol. The number of methoxy groups -OCH3 is 1. The van der Waals surface area contributed by atoms with Gasteiger partial charge in [0.1, 0.15) is 5.75 Å². The minimum Gasteiger partial charge on any atom is -0.497 e. The Bertz CT molecular complexity index is 1050. The van der Waals surface area contributed by atoms with E-state index in [9.17, 15) is 4.79 Å². The topological polar surface area (TPSA) is 80.5 Å². The van der Waals surface area contributed by atoms with Gasteiger partial charge >= 0.3 is 0 Å². The van der Waals surface area contributed by atoms with Gasteiger partial charge in [0.05, 0.1) is 24.2 Å². The van der Waals surface area contributed by atoms with E-state index in [1.165, 1.54) is 18.2 Å². The molecule has 0 saturated carbocycles. The number of carbonyl (C=O) groups excluding carboxylic acids is 1. The Kier molecular flexibility index (Phi) is 6.99. The molecule has 0 unspecified atom stereocenters. The number of aromatic nitrogens is 2. The molecule has 4 rings (SSSR count). The van der Waals surface area contributed by atoms with Gasteiger partial charge in [-0.2, -0.15) is 0 Å². The second-order valence-corrected chi connectivity index (χ2v) is 8.51. The maximum absolute atomic E-state index is 12.6. The number of halogens is 1. The third-order valence-corrected chi connectivity index (χ3v) is 6.03. The fraction of sp³-hybridized carbons (Fsp3) is 0.318. The SMILES string of the molecule is COc1cccc(-c2nnc(SCC(=O)Nc3cc(Cl)ccc3N3CCCCC3)o2)c1. The molecule has 2 aromatic carbocycles. The van der Waals surface area contributed by atoms with Crippen molar-refractivity contribution in [1.29, 1.82) is 0 Å². The second-order valence-electron chi connectivity index (χ2n) is 7.15. The lowest BCUT2D eigenvalue weighted by molar-refractivity contribution is -0.113. The monoisotopic (exact) mass is 458 g/mol. The van der Waals surface area contributed by atoms with Gasteiger partial charge in [-0.25, -0.2) is 0 Å². The Morgan fingerprint density at radius 2 is 2.03 bits per heavy atom. The molecule has 0 bridgehead atoms. The molecular weight excluding hydrogens is 436 g/mol. The molecule has 9 heteroatoms. The van der Waals surface area contributed by atoms with Crippen molar-refractivity contribution in [2.24, 2.45) is 0 Å². The summed E-state index contributed by atoms with van der Waals surface area (Å²) in [5, 5.41) is 12.0. The standard InChI is InChI=1S/C22H23ClN4O3S/c1-29-17-7-5-6-15(12-17)21-25-26-22(30-21)31-14-20(28)24-18-13-16(23)8-9-19(18)27-10-3-2-4-11-27/h5-9,12-13H,2-4,10-11,14H2,1H3,(H,24,28). The minimum atomic E-state index is -0.161. The van der Waals surface area contributed by atoms with Crippen molar-refractivity contribution in [3.63, 3.8) is 0 Å². The van der Waals surface area contributed by atoms with Crippen LogP contribution in [-0.4, -0.2) is 42.1 Å². The van der Waals surface area contributed by atoms with Crippen LogP contribution in [0.15, 0.2) is 52.1 Å². The zero-order chi connectivity index (χ0) is 21.6. The van der Waals surface area contributed by atoms with Crippen LogP contribution < -0.4 is 15.0 Å². The Morgan fingerprint density at radius 3 is 2.84 bits per heavy atom. The zero-order valence-electron chi connectivity index (χ0n) is 17.1. The molecule has 2 heterocycles. The summed E-state index contributed by atoms with van der Waals surface area (Å²) in [6, 6.07) is 13.0. The van der Waals surface area contributed by atoms with Crippen molar-refractivity contribution in [2.45, 2.75) is 24.5 Å². The maximum atomic E-state index is 12.6. The summed E-state index contributed by atoms with van der Waals surface area (Å²) in [4.78, 5) is 14.9. The first-order chi connectivity index (χ1) is 15.1. The zero-order valence-corrected chi connectivity index (χ0v) is 18.7. The van der Waals surface area contributed by atoms with Gasteiger partial charge in [-0.1, -0.05) is 29.4 Å². The summed E-state index contributed by atoms with van der Waals surface area (Å²) in [7, 11) is 1.60. The Labute approximate surface area is 190 Å². The highest BCUT2D eigenvalue weighted by atomic mass is 35.5. The molecule has 1 N–H and O–H groups in total. The van der Waals surface area contributed by atoms with Crippen LogP contribution in [0.4, 0.5) is 11.4 Å². The largest absolute Gasteiger partial charge is 0.497 e. The van der Waals surface area contributed by atoms with Crippen LogP contribution in [0.3, 0.4) is 0 Å². The summed E-state index contributed by atoms with van der Waals surface area (Å²) in [6.45, 7) is 1.96. The second kappa shape index (κ2) is 10.1. The minimum absolute atomic E-state index is 0.145. The fourth-order valence-electron chi connectivity index (χ4n) is 3.47. The Morgan fingerprint density at radius 1 is 1.19 bits per heavy atom. The van der Waals surface area contributed by atoms with E-state index in [1.54, 1.807) is 13.2 Å². The quantitative estimate of drug-likeness (QED) is 0.492. The number of rotatable bonds is 7. The van der Waals surface area contributed by atoms with Crippen LogP contribution >= 0.6 is 23.4 Å². The van der Waals surface area contributed by atoms with Crippen molar-refractivity contribution in [3.8, 4) is 17.2 Å². The van der Waals surface area contributed by atoms with Crippen LogP contribution in [0.5, 0.6) is 5.75 Å². The van der Waals surface area contributed by atoms with Crippen LogP contribution in [0.1, 0.15) is 19.3 Å². The molecule has 31 heavy (non-hydrogen) atoms. The third kappa shape index (κ3) is 5.51. The number of anilines is 2. The van der Waals surface area contributed by atoms with E-state index in [-0.39, 0.29) is 11.7 Å². The lowest BCUT2D eigenvalue weighted by atomic mass is 10.1. The highest BCUT2D eigenvalue weighted by Gasteiger charge is 2.17. The van der Waals surface area contributed by atoms with Gasteiger partial charge in [-0.05, 0) is 55.7 Å². The molecule has 162 valence electrons. The smallest absolute Gasteiger partial charge is 0.277 e.